The van der Waals surface area contributed by atoms with E-state index in [1.54, 1.807) is 19.1 Å². The summed E-state index contributed by atoms with van der Waals surface area (Å²) in [5.74, 6) is -0.0609. The summed E-state index contributed by atoms with van der Waals surface area (Å²) in [5, 5.41) is 6.93. The minimum Gasteiger partial charge on any atom is -0.344 e. The van der Waals surface area contributed by atoms with Crippen molar-refractivity contribution in [3.8, 4) is 0 Å². The van der Waals surface area contributed by atoms with Crippen molar-refractivity contribution in [2.75, 3.05) is 11.9 Å². The zero-order valence-corrected chi connectivity index (χ0v) is 17.3. The quantitative estimate of drug-likeness (QED) is 0.795. The number of carbonyl (C=O) groups excluding carboxylic acids is 2. The molecule has 0 aliphatic carbocycles. The normalized spacial score (nSPS) is 16.9. The van der Waals surface area contributed by atoms with Crippen LogP contribution in [0.5, 0.6) is 0 Å². The summed E-state index contributed by atoms with van der Waals surface area (Å²) in [6, 6.07) is 5.70. The van der Waals surface area contributed by atoms with Crippen molar-refractivity contribution in [1.82, 2.24) is 10.1 Å². The molecule has 0 saturated carbocycles. The Kier molecular flexibility index (Phi) is 6.39. The van der Waals surface area contributed by atoms with Crippen molar-refractivity contribution < 1.29 is 14.1 Å². The maximum Gasteiger partial charge on any atom is 0.254 e. The highest BCUT2D eigenvalue weighted by Crippen LogP contribution is 2.23. The first-order chi connectivity index (χ1) is 13.4. The summed E-state index contributed by atoms with van der Waals surface area (Å²) in [6.45, 7) is 6.60. The molecule has 1 aromatic carbocycles. The van der Waals surface area contributed by atoms with E-state index in [1.807, 2.05) is 17.9 Å². The minimum absolute atomic E-state index is 0.0609. The summed E-state index contributed by atoms with van der Waals surface area (Å²) < 4.78 is 4.91. The summed E-state index contributed by atoms with van der Waals surface area (Å²) in [4.78, 5) is 27.1. The number of hydrogen-bond donors (Lipinski definition) is 1. The first-order valence-electron chi connectivity index (χ1n) is 9.69. The van der Waals surface area contributed by atoms with Gasteiger partial charge in [0.25, 0.3) is 5.91 Å². The van der Waals surface area contributed by atoms with Crippen LogP contribution in [0.3, 0.4) is 0 Å². The van der Waals surface area contributed by atoms with Gasteiger partial charge in [0.1, 0.15) is 0 Å². The van der Waals surface area contributed by atoms with Gasteiger partial charge in [-0.2, -0.15) is 0 Å². The molecule has 0 radical (unpaired) electrons. The molecule has 28 heavy (non-hydrogen) atoms. The standard InChI is InChI=1S/C21H26ClN3O3/c1-13-12-16(21(27)25-11-5-4-6-14(25)2)7-9-18(13)23-19(26)10-8-17-15(3)24-28-20(17)22/h7,9,12,14H,4-6,8,10-11H2,1-3H3,(H,23,26). The number of aromatic nitrogens is 1. The molecule has 7 heteroatoms. The summed E-state index contributed by atoms with van der Waals surface area (Å²) in [7, 11) is 0. The van der Waals surface area contributed by atoms with Crippen LogP contribution < -0.4 is 5.32 Å². The number of piperidine rings is 1. The predicted octanol–water partition coefficient (Wildman–Crippen LogP) is 4.53. The number of aryl methyl sites for hydroxylation is 2. The monoisotopic (exact) mass is 403 g/mol. The molecule has 150 valence electrons. The van der Waals surface area contributed by atoms with Crippen LogP contribution in [0.25, 0.3) is 0 Å². The number of likely N-dealkylation sites (tertiary alicyclic amines) is 1. The second kappa shape index (κ2) is 8.78. The van der Waals surface area contributed by atoms with Crippen LogP contribution in [0.15, 0.2) is 22.7 Å². The second-order valence-electron chi connectivity index (χ2n) is 7.44. The maximum atomic E-state index is 12.8. The van der Waals surface area contributed by atoms with Crippen molar-refractivity contribution in [1.29, 1.82) is 0 Å². The topological polar surface area (TPSA) is 75.4 Å². The van der Waals surface area contributed by atoms with Gasteiger partial charge in [0, 0.05) is 35.8 Å². The van der Waals surface area contributed by atoms with E-state index in [-0.39, 0.29) is 29.5 Å². The van der Waals surface area contributed by atoms with Crippen LogP contribution in [0.4, 0.5) is 5.69 Å². The van der Waals surface area contributed by atoms with Gasteiger partial charge in [0.05, 0.1) is 5.69 Å². The Morgan fingerprint density at radius 3 is 2.75 bits per heavy atom. The lowest BCUT2D eigenvalue weighted by atomic mass is 10.0. The third-order valence-corrected chi connectivity index (χ3v) is 5.65. The fourth-order valence-corrected chi connectivity index (χ4v) is 3.86. The van der Waals surface area contributed by atoms with Gasteiger partial charge in [-0.3, -0.25) is 9.59 Å². The molecule has 2 aromatic rings. The lowest BCUT2D eigenvalue weighted by Crippen LogP contribution is -2.42. The number of rotatable bonds is 5. The van der Waals surface area contributed by atoms with E-state index in [1.165, 1.54) is 6.42 Å². The van der Waals surface area contributed by atoms with Crippen LogP contribution >= 0.6 is 11.6 Å². The first-order valence-corrected chi connectivity index (χ1v) is 10.1. The Balaban J connectivity index is 1.62. The number of nitrogens with zero attached hydrogens (tertiary/aromatic N) is 2. The zero-order chi connectivity index (χ0) is 20.3. The van der Waals surface area contributed by atoms with Crippen LogP contribution in [0, 0.1) is 13.8 Å². The van der Waals surface area contributed by atoms with Crippen LogP contribution in [0.1, 0.15) is 59.8 Å². The minimum atomic E-state index is -0.122. The van der Waals surface area contributed by atoms with Gasteiger partial charge >= 0.3 is 0 Å². The lowest BCUT2D eigenvalue weighted by Gasteiger charge is -2.33. The molecule has 2 amide bonds. The third-order valence-electron chi connectivity index (χ3n) is 5.35. The summed E-state index contributed by atoms with van der Waals surface area (Å²) in [6.07, 6.45) is 4.01. The SMILES string of the molecule is Cc1cc(C(=O)N2CCCCC2C)ccc1NC(=O)CCc1c(C)noc1Cl. The predicted molar refractivity (Wildman–Crippen MR) is 109 cm³/mol. The van der Waals surface area contributed by atoms with Gasteiger partial charge in [-0.25, -0.2) is 0 Å². The van der Waals surface area contributed by atoms with Crippen molar-refractivity contribution >= 4 is 29.1 Å². The van der Waals surface area contributed by atoms with Gasteiger partial charge in [0.2, 0.25) is 11.1 Å². The highest BCUT2D eigenvalue weighted by atomic mass is 35.5. The van der Waals surface area contributed by atoms with Gasteiger partial charge in [-0.05, 0) is 81.8 Å². The average Bonchev–Trinajstić information content (AvgIpc) is 2.99. The molecule has 0 spiro atoms. The third kappa shape index (κ3) is 4.55. The Hall–Kier alpha value is -2.34. The molecule has 2 heterocycles. The maximum absolute atomic E-state index is 12.8. The number of benzene rings is 1. The van der Waals surface area contributed by atoms with E-state index in [0.717, 1.165) is 30.5 Å². The number of hydrogen-bond acceptors (Lipinski definition) is 4. The molecule has 1 atom stereocenters. The number of nitrogens with one attached hydrogen (secondary N) is 1. The van der Waals surface area contributed by atoms with Crippen LogP contribution in [-0.4, -0.2) is 34.5 Å². The molecule has 1 unspecified atom stereocenters. The zero-order valence-electron chi connectivity index (χ0n) is 16.5. The second-order valence-corrected chi connectivity index (χ2v) is 7.78. The average molecular weight is 404 g/mol. The number of anilines is 1. The van der Waals surface area contributed by atoms with Crippen molar-refractivity contribution in [2.45, 2.75) is 58.9 Å². The number of carbonyl (C=O) groups is 2. The smallest absolute Gasteiger partial charge is 0.254 e. The molecule has 1 N–H and O–H groups in total. The molecule has 6 nitrogen and oxygen atoms in total. The Morgan fingerprint density at radius 1 is 1.32 bits per heavy atom. The van der Waals surface area contributed by atoms with Gasteiger partial charge in [0.15, 0.2) is 0 Å². The molecular formula is C21H26ClN3O3. The van der Waals surface area contributed by atoms with Crippen molar-refractivity contribution in [3.63, 3.8) is 0 Å². The van der Waals surface area contributed by atoms with E-state index >= 15 is 0 Å². The molecule has 1 aliphatic rings. The largest absolute Gasteiger partial charge is 0.344 e. The highest BCUT2D eigenvalue weighted by Gasteiger charge is 2.24. The van der Waals surface area contributed by atoms with E-state index in [2.05, 4.69) is 17.4 Å². The lowest BCUT2D eigenvalue weighted by molar-refractivity contribution is -0.116. The molecular weight excluding hydrogens is 378 g/mol. The van der Waals surface area contributed by atoms with Gasteiger partial charge in [-0.1, -0.05) is 5.16 Å². The molecule has 1 aliphatic heterocycles. The highest BCUT2D eigenvalue weighted by molar-refractivity contribution is 6.29. The summed E-state index contributed by atoms with van der Waals surface area (Å²) >= 11 is 5.94. The van der Waals surface area contributed by atoms with Gasteiger partial charge < -0.3 is 14.7 Å². The van der Waals surface area contributed by atoms with Crippen LogP contribution in [-0.2, 0) is 11.2 Å². The summed E-state index contributed by atoms with van der Waals surface area (Å²) in [5.41, 5.74) is 3.69. The van der Waals surface area contributed by atoms with Crippen molar-refractivity contribution in [2.24, 2.45) is 0 Å². The van der Waals surface area contributed by atoms with Crippen LogP contribution in [0.2, 0.25) is 5.22 Å². The fourth-order valence-electron chi connectivity index (χ4n) is 3.59. The molecule has 1 saturated heterocycles. The Labute approximate surface area is 170 Å². The molecule has 3 rings (SSSR count). The molecule has 0 bridgehead atoms. The van der Waals surface area contributed by atoms with E-state index in [0.29, 0.717) is 23.4 Å². The van der Waals surface area contributed by atoms with E-state index in [9.17, 15) is 9.59 Å². The van der Waals surface area contributed by atoms with E-state index < -0.39 is 0 Å². The first kappa shape index (κ1) is 20.4. The Morgan fingerprint density at radius 2 is 2.11 bits per heavy atom. The Bertz CT molecular complexity index is 858. The molecule has 1 fully saturated rings. The van der Waals surface area contributed by atoms with E-state index in [4.69, 9.17) is 16.1 Å². The van der Waals surface area contributed by atoms with Crippen molar-refractivity contribution in [3.05, 3.63) is 45.8 Å². The van der Waals surface area contributed by atoms with Gasteiger partial charge in [-0.15, -0.1) is 0 Å². The fraction of sp³-hybridized carbons (Fsp3) is 0.476. The number of halogens is 1. The molecule has 1 aromatic heterocycles. The number of amides is 2.